The van der Waals surface area contributed by atoms with Gasteiger partial charge in [0.25, 0.3) is 0 Å². The number of nitrogens with one attached hydrogen (secondary N) is 1. The number of rotatable bonds is 6. The van der Waals surface area contributed by atoms with E-state index in [9.17, 15) is 4.79 Å². The molecule has 1 aromatic carbocycles. The smallest absolute Gasteiger partial charge is 0.327 e. The summed E-state index contributed by atoms with van der Waals surface area (Å²) in [5.41, 5.74) is 0.726. The second-order valence-corrected chi connectivity index (χ2v) is 5.22. The van der Waals surface area contributed by atoms with Crippen LogP contribution >= 0.6 is 0 Å². The zero-order valence-electron chi connectivity index (χ0n) is 12.8. The number of esters is 1. The van der Waals surface area contributed by atoms with Crippen LogP contribution in [0.3, 0.4) is 0 Å². The van der Waals surface area contributed by atoms with E-state index in [-0.39, 0.29) is 12.8 Å². The van der Waals surface area contributed by atoms with Crippen LogP contribution in [0.25, 0.3) is 0 Å². The first-order chi connectivity index (χ1) is 10.1. The van der Waals surface area contributed by atoms with Gasteiger partial charge in [0, 0.05) is 0 Å². The van der Waals surface area contributed by atoms with Crippen LogP contribution in [0.15, 0.2) is 12.1 Å². The van der Waals surface area contributed by atoms with Crippen LogP contribution in [-0.2, 0) is 9.53 Å². The van der Waals surface area contributed by atoms with Crippen LogP contribution in [0.4, 0.5) is 0 Å². The van der Waals surface area contributed by atoms with E-state index in [2.05, 4.69) is 19.2 Å². The molecule has 1 N–H and O–H groups in total. The molecule has 2 rings (SSSR count). The van der Waals surface area contributed by atoms with Crippen molar-refractivity contribution < 1.29 is 23.7 Å². The van der Waals surface area contributed by atoms with Crippen molar-refractivity contribution in [3.8, 4) is 17.2 Å². The van der Waals surface area contributed by atoms with Crippen LogP contribution in [0.5, 0.6) is 17.2 Å². The summed E-state index contributed by atoms with van der Waals surface area (Å²) in [6, 6.07) is 2.98. The lowest BCUT2D eigenvalue weighted by Crippen LogP contribution is -2.32. The lowest BCUT2D eigenvalue weighted by Gasteiger charge is -2.19. The summed E-state index contributed by atoms with van der Waals surface area (Å²) in [5.74, 6) is 1.74. The fraction of sp³-hybridized carbons (Fsp3) is 0.533. The van der Waals surface area contributed by atoms with E-state index in [4.69, 9.17) is 18.9 Å². The third-order valence-corrected chi connectivity index (χ3v) is 3.18. The molecule has 21 heavy (non-hydrogen) atoms. The van der Waals surface area contributed by atoms with Crippen molar-refractivity contribution in [2.45, 2.75) is 19.9 Å². The van der Waals surface area contributed by atoms with Crippen molar-refractivity contribution in [2.75, 3.05) is 27.6 Å². The number of fused-ring (bicyclic) bond motifs is 1. The molecule has 0 radical (unpaired) electrons. The summed E-state index contributed by atoms with van der Waals surface area (Å²) in [6.07, 6.45) is 0. The highest BCUT2D eigenvalue weighted by atomic mass is 16.7. The van der Waals surface area contributed by atoms with Gasteiger partial charge in [-0.2, -0.15) is 0 Å². The topological polar surface area (TPSA) is 66.0 Å². The number of hydrogen-bond acceptors (Lipinski definition) is 6. The summed E-state index contributed by atoms with van der Waals surface area (Å²) in [6.45, 7) is 4.98. The number of benzene rings is 1. The van der Waals surface area contributed by atoms with Gasteiger partial charge >= 0.3 is 5.97 Å². The van der Waals surface area contributed by atoms with E-state index in [0.717, 1.165) is 5.56 Å². The van der Waals surface area contributed by atoms with E-state index in [1.54, 1.807) is 19.2 Å². The number of ether oxygens (including phenoxy) is 4. The Kier molecular flexibility index (Phi) is 4.90. The maximum absolute atomic E-state index is 12.0. The third-order valence-electron chi connectivity index (χ3n) is 3.18. The average Bonchev–Trinajstić information content (AvgIpc) is 2.94. The predicted molar refractivity (Wildman–Crippen MR) is 76.7 cm³/mol. The maximum atomic E-state index is 12.0. The van der Waals surface area contributed by atoms with E-state index >= 15 is 0 Å². The molecule has 0 aromatic heterocycles. The van der Waals surface area contributed by atoms with E-state index < -0.39 is 6.04 Å². The SMILES string of the molecule is COC(=O)C(NCC(C)C)c1cc(OC)c2c(c1)OCO2. The predicted octanol–water partition coefficient (Wildman–Crippen LogP) is 1.88. The van der Waals surface area contributed by atoms with Crippen LogP contribution < -0.4 is 19.5 Å². The third kappa shape index (κ3) is 3.39. The molecule has 0 spiro atoms. The molecule has 0 amide bonds. The maximum Gasteiger partial charge on any atom is 0.327 e. The van der Waals surface area contributed by atoms with Gasteiger partial charge in [0.2, 0.25) is 12.5 Å². The summed E-state index contributed by atoms with van der Waals surface area (Å²) < 4.78 is 20.9. The van der Waals surface area contributed by atoms with Crippen LogP contribution in [0, 0.1) is 5.92 Å². The molecule has 0 fully saturated rings. The van der Waals surface area contributed by atoms with Crippen molar-refractivity contribution in [1.29, 1.82) is 0 Å². The van der Waals surface area contributed by atoms with Crippen molar-refractivity contribution in [1.82, 2.24) is 5.32 Å². The zero-order chi connectivity index (χ0) is 15.4. The summed E-state index contributed by atoms with van der Waals surface area (Å²) >= 11 is 0. The van der Waals surface area contributed by atoms with Gasteiger partial charge in [-0.15, -0.1) is 0 Å². The summed E-state index contributed by atoms with van der Waals surface area (Å²) in [5, 5.41) is 3.20. The second-order valence-electron chi connectivity index (χ2n) is 5.22. The van der Waals surface area contributed by atoms with Gasteiger partial charge < -0.3 is 24.3 Å². The number of carbonyl (C=O) groups excluding carboxylic acids is 1. The molecule has 0 saturated carbocycles. The quantitative estimate of drug-likeness (QED) is 0.808. The normalized spacial score (nSPS) is 14.1. The minimum atomic E-state index is -0.569. The lowest BCUT2D eigenvalue weighted by atomic mass is 10.0. The van der Waals surface area contributed by atoms with Crippen molar-refractivity contribution in [2.24, 2.45) is 5.92 Å². The molecule has 1 heterocycles. The molecule has 1 atom stereocenters. The number of methoxy groups -OCH3 is 2. The molecule has 1 aliphatic rings. The highest BCUT2D eigenvalue weighted by Crippen LogP contribution is 2.43. The van der Waals surface area contributed by atoms with E-state index in [1.807, 2.05) is 0 Å². The number of hydrogen-bond donors (Lipinski definition) is 1. The second kappa shape index (κ2) is 6.67. The Labute approximate surface area is 124 Å². The Bertz CT molecular complexity index is 515. The molecule has 6 heteroatoms. The Morgan fingerprint density at radius 1 is 1.33 bits per heavy atom. The molecular weight excluding hydrogens is 274 g/mol. The van der Waals surface area contributed by atoms with Gasteiger partial charge in [-0.25, -0.2) is 4.79 Å². The summed E-state index contributed by atoms with van der Waals surface area (Å²) in [7, 11) is 2.92. The minimum Gasteiger partial charge on any atom is -0.493 e. The molecule has 0 aliphatic carbocycles. The summed E-state index contributed by atoms with van der Waals surface area (Å²) in [4.78, 5) is 12.0. The Hall–Kier alpha value is -1.95. The standard InChI is InChI=1S/C15H21NO5/c1-9(2)7-16-13(15(17)19-4)10-5-11(18-3)14-12(6-10)20-8-21-14/h5-6,9,13,16H,7-8H2,1-4H3. The highest BCUT2D eigenvalue weighted by molar-refractivity contribution is 5.78. The van der Waals surface area contributed by atoms with Gasteiger partial charge in [-0.3, -0.25) is 0 Å². The first-order valence-electron chi connectivity index (χ1n) is 6.85. The number of carbonyl (C=O) groups is 1. The monoisotopic (exact) mass is 295 g/mol. The Morgan fingerprint density at radius 2 is 2.10 bits per heavy atom. The Morgan fingerprint density at radius 3 is 2.71 bits per heavy atom. The van der Waals surface area contributed by atoms with Gasteiger partial charge in [-0.05, 0) is 30.2 Å². The van der Waals surface area contributed by atoms with Gasteiger partial charge in [0.05, 0.1) is 14.2 Å². The van der Waals surface area contributed by atoms with Crippen LogP contribution in [0.1, 0.15) is 25.5 Å². The fourth-order valence-electron chi connectivity index (χ4n) is 2.13. The van der Waals surface area contributed by atoms with Gasteiger partial charge in [-0.1, -0.05) is 13.8 Å². The van der Waals surface area contributed by atoms with E-state index in [0.29, 0.717) is 29.7 Å². The van der Waals surface area contributed by atoms with Gasteiger partial charge in [0.15, 0.2) is 11.5 Å². The largest absolute Gasteiger partial charge is 0.493 e. The molecule has 0 saturated heterocycles. The van der Waals surface area contributed by atoms with Crippen LogP contribution in [0.2, 0.25) is 0 Å². The minimum absolute atomic E-state index is 0.150. The van der Waals surface area contributed by atoms with Gasteiger partial charge in [0.1, 0.15) is 6.04 Å². The van der Waals surface area contributed by atoms with E-state index in [1.165, 1.54) is 7.11 Å². The molecule has 1 unspecified atom stereocenters. The fourth-order valence-corrected chi connectivity index (χ4v) is 2.13. The van der Waals surface area contributed by atoms with Crippen molar-refractivity contribution in [3.63, 3.8) is 0 Å². The lowest BCUT2D eigenvalue weighted by molar-refractivity contribution is -0.143. The highest BCUT2D eigenvalue weighted by Gasteiger charge is 2.27. The first-order valence-corrected chi connectivity index (χ1v) is 6.85. The molecule has 1 aromatic rings. The van der Waals surface area contributed by atoms with Crippen LogP contribution in [-0.4, -0.2) is 33.5 Å². The molecular formula is C15H21NO5. The molecule has 0 bridgehead atoms. The molecule has 6 nitrogen and oxygen atoms in total. The molecule has 1 aliphatic heterocycles. The Balaban J connectivity index is 2.33. The first kappa shape index (κ1) is 15.4. The zero-order valence-corrected chi connectivity index (χ0v) is 12.8. The average molecular weight is 295 g/mol. The molecule has 116 valence electrons. The van der Waals surface area contributed by atoms with Crippen molar-refractivity contribution >= 4 is 5.97 Å². The van der Waals surface area contributed by atoms with Crippen molar-refractivity contribution in [3.05, 3.63) is 17.7 Å².